The van der Waals surface area contributed by atoms with E-state index in [0.29, 0.717) is 22.0 Å². The molecule has 0 radical (unpaired) electrons. The van der Waals surface area contributed by atoms with E-state index in [4.69, 9.17) is 23.4 Å². The van der Waals surface area contributed by atoms with Gasteiger partial charge in [-0.2, -0.15) is 0 Å². The highest BCUT2D eigenvalue weighted by Crippen LogP contribution is 2.39. The molecule has 0 spiro atoms. The fraction of sp³-hybridized carbons (Fsp3) is 0.269. The number of hydrogen-bond acceptors (Lipinski definition) is 10. The lowest BCUT2D eigenvalue weighted by Gasteiger charge is -2.24. The summed E-state index contributed by atoms with van der Waals surface area (Å²) in [7, 11) is 0. The summed E-state index contributed by atoms with van der Waals surface area (Å²) in [5, 5.41) is 0.662. The van der Waals surface area contributed by atoms with Crippen molar-refractivity contribution in [2.24, 2.45) is 0 Å². The number of imidazole rings is 1. The number of carbonyl (C=O) groups excluding carboxylic acids is 3. The standard InChI is InChI=1S/C26H22N2O9/c1-13(29)33-21-22(34-14(2)30)26(35-15(3)31)37-24(21)28-19-10-6-5-9-18(19)27-23(28)17-12-16-8-4-7-11-20(16)36-25(17)32/h4-12,21-22,24,26H,1-3H3/t21-,22+,24-,26+/m1/s1. The Bertz CT molecular complexity index is 1590. The Morgan fingerprint density at radius 3 is 2.24 bits per heavy atom. The number of hydrogen-bond donors (Lipinski definition) is 0. The van der Waals surface area contributed by atoms with E-state index in [1.807, 2.05) is 0 Å². The Balaban J connectivity index is 1.73. The highest BCUT2D eigenvalue weighted by Gasteiger charge is 2.53. The van der Waals surface area contributed by atoms with Gasteiger partial charge in [0.1, 0.15) is 11.1 Å². The van der Waals surface area contributed by atoms with Gasteiger partial charge in [-0.3, -0.25) is 19.0 Å². The van der Waals surface area contributed by atoms with Crippen LogP contribution in [0.3, 0.4) is 0 Å². The molecule has 0 saturated carbocycles. The lowest BCUT2D eigenvalue weighted by Crippen LogP contribution is -2.40. The van der Waals surface area contributed by atoms with Crippen molar-refractivity contribution in [2.45, 2.75) is 45.5 Å². The summed E-state index contributed by atoms with van der Waals surface area (Å²) in [5.41, 5.74) is 0.913. The second kappa shape index (κ2) is 9.51. The van der Waals surface area contributed by atoms with E-state index in [1.165, 1.54) is 20.8 Å². The first-order chi connectivity index (χ1) is 17.7. The zero-order chi connectivity index (χ0) is 26.3. The molecule has 1 aliphatic rings. The Kier molecular flexibility index (Phi) is 6.22. The van der Waals surface area contributed by atoms with Crippen LogP contribution in [0.4, 0.5) is 0 Å². The SMILES string of the molecule is CC(=O)O[C@H]1O[C@@H](n2c(-c3cc4ccccc4oc3=O)nc3ccccc32)[C@H](OC(C)=O)[C@@H]1OC(C)=O. The Hall–Kier alpha value is -4.51. The van der Waals surface area contributed by atoms with Crippen molar-refractivity contribution in [3.05, 3.63) is 65.0 Å². The van der Waals surface area contributed by atoms with Crippen molar-refractivity contribution in [1.82, 2.24) is 9.55 Å². The number of aromatic nitrogens is 2. The highest BCUT2D eigenvalue weighted by molar-refractivity contribution is 5.84. The van der Waals surface area contributed by atoms with Crippen molar-refractivity contribution in [1.29, 1.82) is 0 Å². The van der Waals surface area contributed by atoms with Crippen molar-refractivity contribution in [3.8, 4) is 11.4 Å². The maximum absolute atomic E-state index is 13.1. The van der Waals surface area contributed by atoms with Crippen LogP contribution in [0.25, 0.3) is 33.4 Å². The molecule has 2 aromatic carbocycles. The molecule has 1 aliphatic heterocycles. The molecule has 11 heteroatoms. The summed E-state index contributed by atoms with van der Waals surface area (Å²) in [6.45, 7) is 3.52. The van der Waals surface area contributed by atoms with Crippen LogP contribution in [-0.2, 0) is 33.3 Å². The molecule has 3 heterocycles. The third-order valence-electron chi connectivity index (χ3n) is 5.77. The monoisotopic (exact) mass is 506 g/mol. The minimum Gasteiger partial charge on any atom is -0.453 e. The normalized spacial score (nSPS) is 21.2. The van der Waals surface area contributed by atoms with E-state index >= 15 is 0 Å². The van der Waals surface area contributed by atoms with Gasteiger partial charge in [0.25, 0.3) is 0 Å². The van der Waals surface area contributed by atoms with Gasteiger partial charge in [0, 0.05) is 26.2 Å². The molecule has 2 aromatic heterocycles. The van der Waals surface area contributed by atoms with Crippen LogP contribution in [-0.4, -0.2) is 46.0 Å². The number of ether oxygens (including phenoxy) is 4. The van der Waals surface area contributed by atoms with Crippen molar-refractivity contribution < 1.29 is 37.7 Å². The molecule has 0 bridgehead atoms. The van der Waals surface area contributed by atoms with Gasteiger partial charge < -0.3 is 23.4 Å². The number of benzene rings is 2. The van der Waals surface area contributed by atoms with Gasteiger partial charge in [0.15, 0.2) is 18.2 Å². The van der Waals surface area contributed by atoms with E-state index in [1.54, 1.807) is 59.2 Å². The predicted molar refractivity (Wildman–Crippen MR) is 128 cm³/mol. The average molecular weight is 506 g/mol. The number of nitrogens with zero attached hydrogens (tertiary/aromatic N) is 2. The molecule has 0 N–H and O–H groups in total. The molecule has 190 valence electrons. The van der Waals surface area contributed by atoms with Crippen LogP contribution in [0.15, 0.2) is 63.8 Å². The molecule has 1 fully saturated rings. The van der Waals surface area contributed by atoms with E-state index in [0.717, 1.165) is 0 Å². The van der Waals surface area contributed by atoms with Crippen molar-refractivity contribution >= 4 is 39.9 Å². The number of fused-ring (bicyclic) bond motifs is 2. The van der Waals surface area contributed by atoms with Crippen LogP contribution < -0.4 is 5.63 Å². The molecule has 37 heavy (non-hydrogen) atoms. The molecule has 0 aliphatic carbocycles. The average Bonchev–Trinajstić information content (AvgIpc) is 3.36. The quantitative estimate of drug-likeness (QED) is 0.226. The molecular weight excluding hydrogens is 484 g/mol. The van der Waals surface area contributed by atoms with E-state index in [2.05, 4.69) is 4.98 Å². The first kappa shape index (κ1) is 24.2. The van der Waals surface area contributed by atoms with Gasteiger partial charge >= 0.3 is 23.5 Å². The highest BCUT2D eigenvalue weighted by atomic mass is 16.8. The summed E-state index contributed by atoms with van der Waals surface area (Å²) in [4.78, 5) is 53.5. The number of para-hydroxylation sites is 3. The minimum atomic E-state index is -1.39. The van der Waals surface area contributed by atoms with E-state index < -0.39 is 48.3 Å². The number of carbonyl (C=O) groups is 3. The minimum absolute atomic E-state index is 0.125. The Morgan fingerprint density at radius 2 is 1.51 bits per heavy atom. The van der Waals surface area contributed by atoms with Gasteiger partial charge in [-0.1, -0.05) is 30.3 Å². The van der Waals surface area contributed by atoms with Gasteiger partial charge in [-0.15, -0.1) is 0 Å². The third-order valence-corrected chi connectivity index (χ3v) is 5.77. The lowest BCUT2D eigenvalue weighted by molar-refractivity contribution is -0.198. The third kappa shape index (κ3) is 4.56. The zero-order valence-corrected chi connectivity index (χ0v) is 20.1. The van der Waals surface area contributed by atoms with Crippen LogP contribution >= 0.6 is 0 Å². The van der Waals surface area contributed by atoms with Crippen LogP contribution in [0, 0.1) is 0 Å². The summed E-state index contributed by atoms with van der Waals surface area (Å²) in [6.07, 6.45) is -5.10. The van der Waals surface area contributed by atoms with Gasteiger partial charge in [0.2, 0.25) is 12.4 Å². The number of rotatable bonds is 5. The molecule has 1 saturated heterocycles. The summed E-state index contributed by atoms with van der Waals surface area (Å²) in [5.74, 6) is -1.92. The lowest BCUT2D eigenvalue weighted by atomic mass is 10.1. The molecular formula is C26H22N2O9. The second-order valence-corrected chi connectivity index (χ2v) is 8.43. The summed E-state index contributed by atoms with van der Waals surface area (Å²) >= 11 is 0. The van der Waals surface area contributed by atoms with Crippen LogP contribution in [0.1, 0.15) is 27.0 Å². The molecule has 4 atom stereocenters. The summed E-state index contributed by atoms with van der Waals surface area (Å²) < 4.78 is 29.3. The predicted octanol–water partition coefficient (Wildman–Crippen LogP) is 3.09. The maximum atomic E-state index is 13.1. The number of esters is 3. The van der Waals surface area contributed by atoms with Gasteiger partial charge in [-0.05, 0) is 24.3 Å². The first-order valence-corrected chi connectivity index (χ1v) is 11.4. The molecule has 0 amide bonds. The van der Waals surface area contributed by atoms with Gasteiger partial charge in [0.05, 0.1) is 11.0 Å². The van der Waals surface area contributed by atoms with E-state index in [9.17, 15) is 19.2 Å². The largest absolute Gasteiger partial charge is 0.453 e. The Morgan fingerprint density at radius 1 is 0.865 bits per heavy atom. The Labute approximate surface area is 209 Å². The van der Waals surface area contributed by atoms with Crippen LogP contribution in [0.2, 0.25) is 0 Å². The molecule has 0 unspecified atom stereocenters. The summed E-state index contributed by atoms with van der Waals surface area (Å²) in [6, 6.07) is 15.7. The molecule has 5 rings (SSSR count). The maximum Gasteiger partial charge on any atom is 0.347 e. The molecule has 11 nitrogen and oxygen atoms in total. The second-order valence-electron chi connectivity index (χ2n) is 8.43. The fourth-order valence-electron chi connectivity index (χ4n) is 4.42. The first-order valence-electron chi connectivity index (χ1n) is 11.4. The fourth-order valence-corrected chi connectivity index (χ4v) is 4.42. The van der Waals surface area contributed by atoms with Crippen molar-refractivity contribution in [2.75, 3.05) is 0 Å². The van der Waals surface area contributed by atoms with Crippen molar-refractivity contribution in [3.63, 3.8) is 0 Å². The topological polar surface area (TPSA) is 136 Å². The van der Waals surface area contributed by atoms with Gasteiger partial charge in [-0.25, -0.2) is 9.78 Å². The smallest absolute Gasteiger partial charge is 0.347 e. The zero-order valence-electron chi connectivity index (χ0n) is 20.1. The molecule has 4 aromatic rings. The van der Waals surface area contributed by atoms with Crippen LogP contribution in [0.5, 0.6) is 0 Å². The van der Waals surface area contributed by atoms with E-state index in [-0.39, 0.29) is 11.4 Å².